The lowest BCUT2D eigenvalue weighted by Crippen LogP contribution is -2.34. The van der Waals surface area contributed by atoms with Crippen molar-refractivity contribution in [3.63, 3.8) is 0 Å². The second-order valence-corrected chi connectivity index (χ2v) is 7.11. The zero-order valence-corrected chi connectivity index (χ0v) is 17.4. The van der Waals surface area contributed by atoms with Gasteiger partial charge in [-0.2, -0.15) is 0 Å². The summed E-state index contributed by atoms with van der Waals surface area (Å²) in [6.07, 6.45) is 2.05. The van der Waals surface area contributed by atoms with Gasteiger partial charge in [-0.15, -0.1) is 0 Å². The summed E-state index contributed by atoms with van der Waals surface area (Å²) in [6.45, 7) is 4.09. The largest absolute Gasteiger partial charge is 0.489 e. The lowest BCUT2D eigenvalue weighted by molar-refractivity contribution is -0.141. The van der Waals surface area contributed by atoms with Gasteiger partial charge in [-0.3, -0.25) is 4.79 Å². The van der Waals surface area contributed by atoms with Crippen molar-refractivity contribution >= 4 is 17.3 Å². The summed E-state index contributed by atoms with van der Waals surface area (Å²) in [5, 5.41) is 3.44. The molecule has 1 heterocycles. The van der Waals surface area contributed by atoms with E-state index in [2.05, 4.69) is 39.2 Å². The van der Waals surface area contributed by atoms with Crippen LogP contribution in [0.5, 0.6) is 5.75 Å². The average Bonchev–Trinajstić information content (AvgIpc) is 2.77. The third kappa shape index (κ3) is 6.62. The highest BCUT2D eigenvalue weighted by atomic mass is 19.1. The van der Waals surface area contributed by atoms with Gasteiger partial charge in [-0.1, -0.05) is 12.1 Å². The van der Waals surface area contributed by atoms with Crippen LogP contribution >= 0.6 is 0 Å². The van der Waals surface area contributed by atoms with E-state index < -0.39 is 0 Å². The van der Waals surface area contributed by atoms with Crippen molar-refractivity contribution in [2.75, 3.05) is 56.8 Å². The van der Waals surface area contributed by atoms with Crippen molar-refractivity contribution in [2.45, 2.75) is 19.3 Å². The second-order valence-electron chi connectivity index (χ2n) is 7.11. The minimum Gasteiger partial charge on any atom is -0.489 e. The van der Waals surface area contributed by atoms with Gasteiger partial charge in [0.15, 0.2) is 0 Å². The molecule has 0 aromatic heterocycles. The molecule has 2 aromatic carbocycles. The predicted octanol–water partition coefficient (Wildman–Crippen LogP) is 3.65. The lowest BCUT2D eigenvalue weighted by Gasteiger charge is -2.31. The quantitative estimate of drug-likeness (QED) is 0.446. The molecule has 1 N–H and O–H groups in total. The molecule has 0 atom stereocenters. The Morgan fingerprint density at radius 3 is 2.83 bits per heavy atom. The number of esters is 1. The molecule has 0 saturated carbocycles. The molecule has 0 amide bonds. The lowest BCUT2D eigenvalue weighted by atomic mass is 10.1. The summed E-state index contributed by atoms with van der Waals surface area (Å²) in [6, 6.07) is 13.0. The van der Waals surface area contributed by atoms with E-state index in [9.17, 15) is 9.18 Å². The number of anilines is 2. The van der Waals surface area contributed by atoms with Crippen LogP contribution in [0, 0.1) is 5.82 Å². The maximum atomic E-state index is 13.4. The molecule has 7 heteroatoms. The number of hydrogen-bond donors (Lipinski definition) is 1. The van der Waals surface area contributed by atoms with Crippen LogP contribution in [-0.2, 0) is 20.7 Å². The van der Waals surface area contributed by atoms with Crippen LogP contribution in [0.3, 0.4) is 0 Å². The predicted molar refractivity (Wildman–Crippen MR) is 115 cm³/mol. The number of nitrogens with zero attached hydrogens (tertiary/aromatic N) is 1. The molecule has 3 rings (SSSR count). The van der Waals surface area contributed by atoms with E-state index in [0.29, 0.717) is 25.6 Å². The molecule has 0 bridgehead atoms. The van der Waals surface area contributed by atoms with E-state index in [0.717, 1.165) is 43.9 Å². The van der Waals surface area contributed by atoms with Crippen molar-refractivity contribution < 1.29 is 23.4 Å². The first-order valence-corrected chi connectivity index (χ1v) is 10.3. The Bertz CT molecular complexity index is 813. The van der Waals surface area contributed by atoms with Crippen molar-refractivity contribution in [2.24, 2.45) is 0 Å². The summed E-state index contributed by atoms with van der Waals surface area (Å²) in [5.74, 6) is 0.102. The molecule has 6 nitrogen and oxygen atoms in total. The van der Waals surface area contributed by atoms with Crippen LogP contribution in [0.25, 0.3) is 0 Å². The van der Waals surface area contributed by atoms with Gasteiger partial charge >= 0.3 is 5.97 Å². The number of carbonyl (C=O) groups excluding carboxylic acids is 1. The Hall–Kier alpha value is -2.80. The van der Waals surface area contributed by atoms with E-state index in [-0.39, 0.29) is 18.2 Å². The van der Waals surface area contributed by atoms with Crippen LogP contribution in [0.15, 0.2) is 42.5 Å². The summed E-state index contributed by atoms with van der Waals surface area (Å²) >= 11 is 0. The van der Waals surface area contributed by atoms with Gasteiger partial charge in [0.25, 0.3) is 0 Å². The van der Waals surface area contributed by atoms with Crippen LogP contribution in [0.1, 0.15) is 18.4 Å². The van der Waals surface area contributed by atoms with Gasteiger partial charge in [0.1, 0.15) is 18.2 Å². The minimum absolute atomic E-state index is 0.253. The number of rotatable bonds is 11. The normalized spacial score (nSPS) is 12.8. The third-order valence-corrected chi connectivity index (χ3v) is 4.98. The molecule has 0 saturated heterocycles. The number of ether oxygens (including phenoxy) is 3. The van der Waals surface area contributed by atoms with E-state index in [1.54, 1.807) is 6.07 Å². The monoisotopic (exact) mass is 416 g/mol. The minimum atomic E-state index is -0.270. The fourth-order valence-electron chi connectivity index (χ4n) is 3.32. The number of nitrogens with one attached hydrogen (secondary N) is 1. The molecular weight excluding hydrogens is 387 g/mol. The highest BCUT2D eigenvalue weighted by molar-refractivity contribution is 5.69. The standard InChI is InChI=1S/C23H29FN2O4/c1-28-23(27)10-15-29-14-9-18-3-6-20(7-4-18)25-11-2-12-26-13-16-30-22-17-19(24)5-8-21(22)26/h3-8,17,25H,2,9-16H2,1H3. The summed E-state index contributed by atoms with van der Waals surface area (Å²) < 4.78 is 28.9. The Balaban J connectivity index is 1.34. The van der Waals surface area contributed by atoms with Gasteiger partial charge < -0.3 is 24.4 Å². The maximum absolute atomic E-state index is 13.4. The van der Waals surface area contributed by atoms with Crippen molar-refractivity contribution in [1.29, 1.82) is 0 Å². The van der Waals surface area contributed by atoms with Gasteiger partial charge in [-0.25, -0.2) is 4.39 Å². The molecule has 0 fully saturated rings. The number of halogens is 1. The SMILES string of the molecule is COC(=O)CCOCCc1ccc(NCCCN2CCOc3cc(F)ccc32)cc1. The first-order chi connectivity index (χ1) is 14.7. The zero-order valence-electron chi connectivity index (χ0n) is 17.4. The Labute approximate surface area is 176 Å². The van der Waals surface area contributed by atoms with E-state index in [1.807, 2.05) is 0 Å². The van der Waals surface area contributed by atoms with Crippen molar-refractivity contribution in [1.82, 2.24) is 0 Å². The third-order valence-electron chi connectivity index (χ3n) is 4.98. The maximum Gasteiger partial charge on any atom is 0.307 e. The molecule has 0 aliphatic carbocycles. The summed E-state index contributed by atoms with van der Waals surface area (Å²) in [4.78, 5) is 13.3. The van der Waals surface area contributed by atoms with Gasteiger partial charge in [0, 0.05) is 24.8 Å². The summed E-state index contributed by atoms with van der Waals surface area (Å²) in [7, 11) is 1.38. The van der Waals surface area contributed by atoms with E-state index in [1.165, 1.54) is 24.8 Å². The topological polar surface area (TPSA) is 60.0 Å². The van der Waals surface area contributed by atoms with Gasteiger partial charge in [0.05, 0.1) is 39.0 Å². The van der Waals surface area contributed by atoms with Crippen LogP contribution in [0.4, 0.5) is 15.8 Å². The fourth-order valence-corrected chi connectivity index (χ4v) is 3.32. The van der Waals surface area contributed by atoms with E-state index >= 15 is 0 Å². The van der Waals surface area contributed by atoms with Crippen LogP contribution < -0.4 is 15.0 Å². The average molecular weight is 416 g/mol. The second kappa shape index (κ2) is 11.4. The fraction of sp³-hybridized carbons (Fsp3) is 0.435. The first kappa shape index (κ1) is 21.9. The number of carbonyl (C=O) groups is 1. The Morgan fingerprint density at radius 1 is 1.20 bits per heavy atom. The highest BCUT2D eigenvalue weighted by Crippen LogP contribution is 2.32. The molecule has 30 heavy (non-hydrogen) atoms. The highest BCUT2D eigenvalue weighted by Gasteiger charge is 2.17. The first-order valence-electron chi connectivity index (χ1n) is 10.3. The number of hydrogen-bond acceptors (Lipinski definition) is 6. The van der Waals surface area contributed by atoms with Gasteiger partial charge in [-0.05, 0) is 42.7 Å². The number of methoxy groups -OCH3 is 1. The van der Waals surface area contributed by atoms with Crippen LogP contribution in [0.2, 0.25) is 0 Å². The van der Waals surface area contributed by atoms with E-state index in [4.69, 9.17) is 9.47 Å². The molecule has 0 radical (unpaired) electrons. The molecule has 0 unspecified atom stereocenters. The summed E-state index contributed by atoms with van der Waals surface area (Å²) in [5.41, 5.74) is 3.23. The van der Waals surface area contributed by atoms with Crippen molar-refractivity contribution in [3.05, 3.63) is 53.8 Å². The molecule has 0 spiro atoms. The Morgan fingerprint density at radius 2 is 2.03 bits per heavy atom. The van der Waals surface area contributed by atoms with Gasteiger partial charge in [0.2, 0.25) is 0 Å². The zero-order chi connectivity index (χ0) is 21.2. The number of fused-ring (bicyclic) bond motifs is 1. The molecule has 1 aliphatic heterocycles. The smallest absolute Gasteiger partial charge is 0.307 e. The Kier molecular flexibility index (Phi) is 8.32. The molecule has 162 valence electrons. The molecular formula is C23H29FN2O4. The molecule has 1 aliphatic rings. The molecule has 2 aromatic rings. The number of benzene rings is 2. The van der Waals surface area contributed by atoms with Crippen LogP contribution in [-0.4, -0.2) is 52.5 Å². The van der Waals surface area contributed by atoms with Crippen molar-refractivity contribution in [3.8, 4) is 5.75 Å².